The Kier molecular flexibility index (Phi) is 10.3. The molecule has 1 heterocycles. The number of benzene rings is 2. The summed E-state index contributed by atoms with van der Waals surface area (Å²) < 4.78 is 10.1. The Labute approximate surface area is 222 Å². The number of phenolic OH excluding ortho intramolecular Hbond substituents is 1. The third-order valence-electron chi connectivity index (χ3n) is 6.46. The molecule has 0 bridgehead atoms. The number of aliphatic imine (C=N–C) groups is 1. The number of furan rings is 1. The third kappa shape index (κ3) is 7.61. The van der Waals surface area contributed by atoms with Gasteiger partial charge in [0.05, 0.1) is 18.9 Å². The van der Waals surface area contributed by atoms with Crippen molar-refractivity contribution in [3.8, 4) is 11.5 Å². The zero-order valence-corrected chi connectivity index (χ0v) is 21.8. The van der Waals surface area contributed by atoms with Gasteiger partial charge in [-0.1, -0.05) is 25.3 Å². The number of rotatable bonds is 8. The predicted octanol–water partition coefficient (Wildman–Crippen LogP) is 5.01. The number of nitrogens with zero attached hydrogens (tertiary/aromatic N) is 2. The zero-order valence-electron chi connectivity index (χ0n) is 21.8. The molecule has 1 aliphatic rings. The van der Waals surface area contributed by atoms with Crippen LogP contribution in [0, 0.1) is 0 Å². The van der Waals surface area contributed by atoms with Gasteiger partial charge in [0.25, 0.3) is 0 Å². The number of amidine groups is 1. The molecule has 4 N–H and O–H groups in total. The number of methoxy groups -OCH3 is 1. The first kappa shape index (κ1) is 28.3. The van der Waals surface area contributed by atoms with E-state index in [4.69, 9.17) is 20.0 Å². The molecule has 202 valence electrons. The number of aromatic hydroxyl groups is 1. The predicted molar refractivity (Wildman–Crippen MR) is 146 cm³/mol. The van der Waals surface area contributed by atoms with Gasteiger partial charge in [-0.15, -0.1) is 0 Å². The largest absolute Gasteiger partial charge is 0.504 e. The van der Waals surface area contributed by atoms with Gasteiger partial charge in [0.2, 0.25) is 5.91 Å². The van der Waals surface area contributed by atoms with Crippen molar-refractivity contribution in [2.45, 2.75) is 51.0 Å². The highest BCUT2D eigenvalue weighted by atomic mass is 16.5. The Morgan fingerprint density at radius 1 is 1.08 bits per heavy atom. The molecule has 0 aliphatic heterocycles. The normalized spacial score (nSPS) is 13.8. The minimum atomic E-state index is -0.836. The first-order valence-corrected chi connectivity index (χ1v) is 12.6. The van der Waals surface area contributed by atoms with E-state index in [0.717, 1.165) is 35.5 Å². The Morgan fingerprint density at radius 2 is 1.79 bits per heavy atom. The number of hydrogen-bond donors (Lipinski definition) is 3. The summed E-state index contributed by atoms with van der Waals surface area (Å²) in [7, 11) is 3.26. The number of hydrogen-bond acceptors (Lipinski definition) is 6. The number of anilines is 1. The lowest BCUT2D eigenvalue weighted by Gasteiger charge is -2.36. The zero-order chi connectivity index (χ0) is 27.5. The summed E-state index contributed by atoms with van der Waals surface area (Å²) in [5, 5.41) is 17.7. The van der Waals surface area contributed by atoms with Gasteiger partial charge in [-0.05, 0) is 67.3 Å². The molecule has 9 heteroatoms. The number of ether oxygens (including phenoxy) is 1. The maximum absolute atomic E-state index is 11.3. The van der Waals surface area contributed by atoms with Crippen LogP contribution in [0.3, 0.4) is 0 Å². The summed E-state index contributed by atoms with van der Waals surface area (Å²) in [5.41, 5.74) is 8.69. The molecule has 1 amide bonds. The molecule has 0 atom stereocenters. The summed E-state index contributed by atoms with van der Waals surface area (Å²) in [5.74, 6) is 0.0731. The molecule has 9 nitrogen and oxygen atoms in total. The molecule has 1 aromatic heterocycles. The van der Waals surface area contributed by atoms with Gasteiger partial charge in [0, 0.05) is 30.8 Å². The number of carboxylic acids is 1. The van der Waals surface area contributed by atoms with Gasteiger partial charge in [0.1, 0.15) is 12.1 Å². The van der Waals surface area contributed by atoms with Gasteiger partial charge in [-0.2, -0.15) is 0 Å². The molecule has 1 fully saturated rings. The lowest BCUT2D eigenvalue weighted by molar-refractivity contribution is -0.136. The first-order valence-electron chi connectivity index (χ1n) is 12.6. The lowest BCUT2D eigenvalue weighted by Crippen LogP contribution is -2.42. The fourth-order valence-corrected chi connectivity index (χ4v) is 4.53. The van der Waals surface area contributed by atoms with E-state index in [0.29, 0.717) is 23.8 Å². The van der Waals surface area contributed by atoms with Gasteiger partial charge in [-0.25, -0.2) is 0 Å². The molecule has 1 saturated carbocycles. The minimum absolute atomic E-state index is 0.0616. The Hall–Kier alpha value is -4.27. The molecule has 2 aromatic carbocycles. The van der Waals surface area contributed by atoms with Crippen LogP contribution in [-0.2, 0) is 11.2 Å². The van der Waals surface area contributed by atoms with E-state index in [9.17, 15) is 14.7 Å². The highest BCUT2D eigenvalue weighted by Crippen LogP contribution is 2.30. The van der Waals surface area contributed by atoms with E-state index in [2.05, 4.69) is 9.89 Å². The monoisotopic (exact) mass is 521 g/mol. The van der Waals surface area contributed by atoms with Crippen LogP contribution < -0.4 is 15.4 Å². The molecule has 4 rings (SSSR count). The molecule has 3 aromatic rings. The molecular formula is C29H35N3O6. The van der Waals surface area contributed by atoms with Crippen molar-refractivity contribution in [3.05, 3.63) is 77.7 Å². The topological polar surface area (TPSA) is 139 Å². The van der Waals surface area contributed by atoms with E-state index >= 15 is 0 Å². The fourth-order valence-electron chi connectivity index (χ4n) is 4.53. The smallest absolute Gasteiger partial charge is 0.303 e. The molecule has 1 aliphatic carbocycles. The van der Waals surface area contributed by atoms with E-state index < -0.39 is 11.9 Å². The van der Waals surface area contributed by atoms with E-state index in [1.54, 1.807) is 43.8 Å². The van der Waals surface area contributed by atoms with Crippen LogP contribution in [0.4, 0.5) is 5.69 Å². The van der Waals surface area contributed by atoms with Crippen LogP contribution in [0.15, 0.2) is 70.5 Å². The second-order valence-corrected chi connectivity index (χ2v) is 9.03. The van der Waals surface area contributed by atoms with E-state index in [-0.39, 0.29) is 12.2 Å². The molecule has 0 unspecified atom stereocenters. The van der Waals surface area contributed by atoms with Crippen LogP contribution in [0.1, 0.15) is 60.0 Å². The standard InChI is InChI=1S/C19H23N3O2.C10H12O4/c1-21-19(15-11-12-24-13-15)22(16-5-3-2-4-6-16)17-9-7-14(8-10-17)18(20)23;1-14-9-6-7(2-4-8(9)11)3-5-10(12)13/h7-13,16H,2-6H2,1H3,(H2,20,23);2,4,6,11H,3,5H2,1H3,(H,12,13). The van der Waals surface area contributed by atoms with Crippen molar-refractivity contribution in [2.75, 3.05) is 19.1 Å². The van der Waals surface area contributed by atoms with Crippen LogP contribution in [0.2, 0.25) is 0 Å². The van der Waals surface area contributed by atoms with Crippen LogP contribution >= 0.6 is 0 Å². The fraction of sp³-hybridized carbons (Fsp3) is 0.345. The maximum atomic E-state index is 11.3. The maximum Gasteiger partial charge on any atom is 0.303 e. The summed E-state index contributed by atoms with van der Waals surface area (Å²) >= 11 is 0. The van der Waals surface area contributed by atoms with E-state index in [1.807, 2.05) is 18.2 Å². The van der Waals surface area contributed by atoms with Crippen molar-refractivity contribution < 1.29 is 29.0 Å². The van der Waals surface area contributed by atoms with Gasteiger partial charge < -0.3 is 30.0 Å². The number of phenols is 1. The average Bonchev–Trinajstić information content (AvgIpc) is 3.47. The number of carbonyl (C=O) groups excluding carboxylic acids is 1. The van der Waals surface area contributed by atoms with Gasteiger partial charge >= 0.3 is 5.97 Å². The number of amides is 1. The quantitative estimate of drug-likeness (QED) is 0.280. The minimum Gasteiger partial charge on any atom is -0.504 e. The number of aliphatic carboxylic acids is 1. The number of aryl methyl sites for hydroxylation is 1. The van der Waals surface area contributed by atoms with Crippen molar-refractivity contribution in [3.63, 3.8) is 0 Å². The van der Waals surface area contributed by atoms with Crippen molar-refractivity contribution >= 4 is 23.4 Å². The third-order valence-corrected chi connectivity index (χ3v) is 6.46. The molecular weight excluding hydrogens is 486 g/mol. The number of nitrogens with two attached hydrogens (primary N) is 1. The van der Waals surface area contributed by atoms with E-state index in [1.165, 1.54) is 32.4 Å². The summed E-state index contributed by atoms with van der Waals surface area (Å²) in [4.78, 5) is 28.4. The number of carbonyl (C=O) groups is 2. The number of primary amides is 1. The SMILES string of the molecule is CN=C(c1ccoc1)N(c1ccc(C(N)=O)cc1)C1CCCCC1.COc1cc(CCC(=O)O)ccc1O. The summed E-state index contributed by atoms with van der Waals surface area (Å²) in [6.45, 7) is 0. The van der Waals surface area contributed by atoms with Crippen LogP contribution in [0.5, 0.6) is 11.5 Å². The van der Waals surface area contributed by atoms with Crippen molar-refractivity contribution in [1.29, 1.82) is 0 Å². The lowest BCUT2D eigenvalue weighted by atomic mass is 9.93. The Balaban J connectivity index is 0.000000244. The van der Waals surface area contributed by atoms with Crippen molar-refractivity contribution in [2.24, 2.45) is 10.7 Å². The summed E-state index contributed by atoms with van der Waals surface area (Å²) in [6.07, 6.45) is 9.90. The van der Waals surface area contributed by atoms with Crippen LogP contribution in [0.25, 0.3) is 0 Å². The van der Waals surface area contributed by atoms with Gasteiger partial charge in [-0.3, -0.25) is 14.6 Å². The Bertz CT molecular complexity index is 1220. The highest BCUT2D eigenvalue weighted by molar-refractivity contribution is 6.10. The highest BCUT2D eigenvalue weighted by Gasteiger charge is 2.26. The second-order valence-electron chi connectivity index (χ2n) is 9.03. The van der Waals surface area contributed by atoms with Crippen molar-refractivity contribution in [1.82, 2.24) is 0 Å². The average molecular weight is 522 g/mol. The molecule has 0 saturated heterocycles. The molecule has 38 heavy (non-hydrogen) atoms. The molecule has 0 spiro atoms. The first-order chi connectivity index (χ1) is 18.3. The van der Waals surface area contributed by atoms with Crippen LogP contribution in [-0.4, -0.2) is 48.1 Å². The molecule has 0 radical (unpaired) electrons. The second kappa shape index (κ2) is 13.9. The Morgan fingerprint density at radius 3 is 2.34 bits per heavy atom. The number of carboxylic acid groups (broad SMARTS) is 1. The van der Waals surface area contributed by atoms with Gasteiger partial charge in [0.15, 0.2) is 11.5 Å². The summed E-state index contributed by atoms with van der Waals surface area (Å²) in [6, 6.07) is 14.6.